The summed E-state index contributed by atoms with van der Waals surface area (Å²) in [7, 11) is 0. The number of non-ortho nitro benzene ring substituents is 1. The number of aliphatic hydroxyl groups excluding tert-OH is 1. The lowest BCUT2D eigenvalue weighted by Crippen LogP contribution is -3.00. The molecule has 0 saturated heterocycles. The zero-order chi connectivity index (χ0) is 21.9. The van der Waals surface area contributed by atoms with Crippen LogP contribution >= 0.6 is 0 Å². The molecule has 1 aromatic rings. The van der Waals surface area contributed by atoms with Crippen molar-refractivity contribution in [1.82, 2.24) is 0 Å². The first-order valence-electron chi connectivity index (χ1n) is 10.7. The third-order valence-electron chi connectivity index (χ3n) is 5.72. The van der Waals surface area contributed by atoms with Gasteiger partial charge in [-0.05, 0) is 58.9 Å². The summed E-state index contributed by atoms with van der Waals surface area (Å²) in [6.07, 6.45) is 5.14. The van der Waals surface area contributed by atoms with Gasteiger partial charge in [0.1, 0.15) is 25.0 Å². The molecule has 0 aromatic heterocycles. The monoisotopic (exact) mass is 486 g/mol. The maximum Gasteiger partial charge on any atom is 0.273 e. The van der Waals surface area contributed by atoms with Crippen LogP contribution in [0.15, 0.2) is 35.9 Å². The number of quaternary nitrogens is 1. The van der Waals surface area contributed by atoms with Crippen molar-refractivity contribution in [1.29, 1.82) is 0 Å². The van der Waals surface area contributed by atoms with Gasteiger partial charge in [-0.25, -0.2) is 0 Å². The second-order valence-corrected chi connectivity index (χ2v) is 8.35. The summed E-state index contributed by atoms with van der Waals surface area (Å²) in [5, 5.41) is 21.4. The van der Waals surface area contributed by atoms with Crippen molar-refractivity contribution in [2.45, 2.75) is 60.0 Å². The van der Waals surface area contributed by atoms with E-state index in [1.807, 2.05) is 0 Å². The number of hydrogen-bond acceptors (Lipinski definition) is 4. The average Bonchev–Trinajstić information content (AvgIpc) is 2.69. The minimum absolute atomic E-state index is 0. The molecule has 0 amide bonds. The van der Waals surface area contributed by atoms with Gasteiger partial charge in [0, 0.05) is 6.07 Å². The fraction of sp³-hybridized carbons (Fsp3) is 0.652. The number of allylic oxidation sites excluding steroid dienone is 2. The molecule has 0 spiro atoms. The highest BCUT2D eigenvalue weighted by Gasteiger charge is 2.27. The van der Waals surface area contributed by atoms with Crippen molar-refractivity contribution in [2.24, 2.45) is 5.92 Å². The van der Waals surface area contributed by atoms with E-state index in [-0.39, 0.29) is 29.3 Å². The Hall–Kier alpha value is -1.44. The smallest absolute Gasteiger partial charge is 0.273 e. The Morgan fingerprint density at radius 2 is 1.93 bits per heavy atom. The maximum atomic E-state index is 10.9. The number of nitrogens with zero attached hydrogens (tertiary/aromatic N) is 2. The maximum absolute atomic E-state index is 10.9. The second-order valence-electron chi connectivity index (χ2n) is 8.35. The van der Waals surface area contributed by atoms with Gasteiger partial charge in [0.15, 0.2) is 0 Å². The number of benzene rings is 1. The predicted octanol–water partition coefficient (Wildman–Crippen LogP) is 1.97. The molecule has 7 heteroatoms. The fourth-order valence-electron chi connectivity index (χ4n) is 3.56. The molecular formula is C23H39BrN2O4. The number of halogens is 1. The fourth-order valence-corrected chi connectivity index (χ4v) is 3.56. The molecule has 2 atom stereocenters. The Morgan fingerprint density at radius 1 is 1.27 bits per heavy atom. The lowest BCUT2D eigenvalue weighted by molar-refractivity contribution is -0.928. The Balaban J connectivity index is 0.00000841. The number of hydrogen-bond donors (Lipinski definition) is 1. The van der Waals surface area contributed by atoms with Gasteiger partial charge < -0.3 is 31.3 Å². The third kappa shape index (κ3) is 10.5. The lowest BCUT2D eigenvalue weighted by Gasteiger charge is -2.39. The average molecular weight is 487 g/mol. The molecule has 0 radical (unpaired) electrons. The highest BCUT2D eigenvalue weighted by atomic mass is 79.9. The molecule has 1 aromatic carbocycles. The van der Waals surface area contributed by atoms with E-state index in [2.05, 4.69) is 40.7 Å². The minimum atomic E-state index is -0.616. The SMILES string of the molecule is CC[N+](CC)(CCC(C)CCC=C(C)C)CC(O)COc1cccc([N+](=O)[O-])c1.[Br-]. The Labute approximate surface area is 192 Å². The number of likely N-dealkylation sites (N-methyl/N-ethyl adjacent to an activating group) is 1. The molecule has 0 heterocycles. The number of nitro benzene ring substituents is 1. The molecule has 2 unspecified atom stereocenters. The molecule has 0 aliphatic heterocycles. The van der Waals surface area contributed by atoms with Crippen LogP contribution < -0.4 is 21.7 Å². The molecule has 0 fully saturated rings. The van der Waals surface area contributed by atoms with E-state index in [1.165, 1.54) is 24.1 Å². The predicted molar refractivity (Wildman–Crippen MR) is 118 cm³/mol. The summed E-state index contributed by atoms with van der Waals surface area (Å²) in [6.45, 7) is 14.7. The van der Waals surface area contributed by atoms with E-state index in [4.69, 9.17) is 4.74 Å². The van der Waals surface area contributed by atoms with Crippen molar-refractivity contribution in [3.8, 4) is 5.75 Å². The number of nitro groups is 1. The van der Waals surface area contributed by atoms with Crippen molar-refractivity contribution in [2.75, 3.05) is 32.8 Å². The van der Waals surface area contributed by atoms with Crippen LogP contribution in [0, 0.1) is 16.0 Å². The summed E-state index contributed by atoms with van der Waals surface area (Å²) in [5.74, 6) is 1.07. The molecule has 30 heavy (non-hydrogen) atoms. The first-order valence-corrected chi connectivity index (χ1v) is 10.7. The largest absolute Gasteiger partial charge is 1.00 e. The number of rotatable bonds is 14. The van der Waals surface area contributed by atoms with Crippen LogP contribution in [0.1, 0.15) is 53.9 Å². The van der Waals surface area contributed by atoms with Crippen LogP contribution in [0.25, 0.3) is 0 Å². The van der Waals surface area contributed by atoms with Crippen molar-refractivity contribution < 1.29 is 36.2 Å². The van der Waals surface area contributed by atoms with Crippen LogP contribution in [0.5, 0.6) is 5.75 Å². The van der Waals surface area contributed by atoms with Gasteiger partial charge in [-0.15, -0.1) is 0 Å². The van der Waals surface area contributed by atoms with Crippen LogP contribution in [-0.4, -0.2) is 53.4 Å². The quantitative estimate of drug-likeness (QED) is 0.189. The van der Waals surface area contributed by atoms with Crippen LogP contribution in [0.2, 0.25) is 0 Å². The van der Waals surface area contributed by atoms with Crippen LogP contribution in [-0.2, 0) is 0 Å². The molecule has 1 rings (SSSR count). The first kappa shape index (κ1) is 28.6. The van der Waals surface area contributed by atoms with Gasteiger partial charge in [0.2, 0.25) is 0 Å². The summed E-state index contributed by atoms with van der Waals surface area (Å²) in [4.78, 5) is 10.4. The van der Waals surface area contributed by atoms with Gasteiger partial charge in [0.05, 0.1) is 30.6 Å². The molecule has 0 saturated carbocycles. The Kier molecular flexibility index (Phi) is 13.8. The van der Waals surface area contributed by atoms with Crippen molar-refractivity contribution in [3.63, 3.8) is 0 Å². The van der Waals surface area contributed by atoms with Crippen molar-refractivity contribution >= 4 is 5.69 Å². The van der Waals surface area contributed by atoms with E-state index in [9.17, 15) is 15.2 Å². The molecule has 0 aliphatic carbocycles. The number of aliphatic hydroxyl groups is 1. The zero-order valence-corrected chi connectivity index (χ0v) is 20.7. The Bertz CT molecular complexity index is 658. The van der Waals surface area contributed by atoms with E-state index in [0.29, 0.717) is 18.2 Å². The summed E-state index contributed by atoms with van der Waals surface area (Å²) in [6, 6.07) is 6.09. The van der Waals surface area contributed by atoms with E-state index < -0.39 is 11.0 Å². The van der Waals surface area contributed by atoms with E-state index in [0.717, 1.165) is 37.0 Å². The molecule has 0 aliphatic rings. The lowest BCUT2D eigenvalue weighted by atomic mass is 9.99. The van der Waals surface area contributed by atoms with E-state index in [1.54, 1.807) is 12.1 Å². The first-order chi connectivity index (χ1) is 13.7. The van der Waals surface area contributed by atoms with Gasteiger partial charge in [-0.1, -0.05) is 24.6 Å². The highest BCUT2D eigenvalue weighted by Crippen LogP contribution is 2.20. The third-order valence-corrected chi connectivity index (χ3v) is 5.72. The summed E-state index contributed by atoms with van der Waals surface area (Å²) >= 11 is 0. The summed E-state index contributed by atoms with van der Waals surface area (Å²) < 4.78 is 6.48. The molecule has 0 bridgehead atoms. The summed E-state index contributed by atoms with van der Waals surface area (Å²) in [5.41, 5.74) is 1.36. The topological polar surface area (TPSA) is 72.6 Å². The molecule has 6 nitrogen and oxygen atoms in total. The minimum Gasteiger partial charge on any atom is -1.00 e. The van der Waals surface area contributed by atoms with Gasteiger partial charge in [-0.2, -0.15) is 0 Å². The zero-order valence-electron chi connectivity index (χ0n) is 19.1. The Morgan fingerprint density at radius 3 is 2.50 bits per heavy atom. The second kappa shape index (κ2) is 14.5. The van der Waals surface area contributed by atoms with Crippen molar-refractivity contribution in [3.05, 3.63) is 46.0 Å². The van der Waals surface area contributed by atoms with Crippen LogP contribution in [0.4, 0.5) is 5.69 Å². The highest BCUT2D eigenvalue weighted by molar-refractivity contribution is 5.37. The number of ether oxygens (including phenoxy) is 1. The van der Waals surface area contributed by atoms with Gasteiger partial charge >= 0.3 is 0 Å². The standard InChI is InChI=1S/C23H39N2O4.BrH/c1-6-25(7-2,15-14-20(5)11-8-10-19(3)4)17-22(26)18-29-23-13-9-12-21(16-23)24(27)28;/h9-10,12-13,16,20,22,26H,6-8,11,14-15,17-18H2,1-5H3;1H/q+1;/p-1. The molecule has 172 valence electrons. The van der Waals surface area contributed by atoms with E-state index >= 15 is 0 Å². The van der Waals surface area contributed by atoms with Gasteiger partial charge in [-0.3, -0.25) is 10.1 Å². The normalized spacial score (nSPS) is 13.1. The molecular weight excluding hydrogens is 448 g/mol. The van der Waals surface area contributed by atoms with Gasteiger partial charge in [0.25, 0.3) is 5.69 Å². The van der Waals surface area contributed by atoms with Crippen LogP contribution in [0.3, 0.4) is 0 Å². The molecule has 1 N–H and O–H groups in total.